The van der Waals surface area contributed by atoms with Crippen LogP contribution in [0.3, 0.4) is 0 Å². The molecule has 0 amide bonds. The van der Waals surface area contributed by atoms with Crippen molar-refractivity contribution in [2.75, 3.05) is 11.1 Å². The number of anilines is 2. The summed E-state index contributed by atoms with van der Waals surface area (Å²) < 4.78 is 2.51. The highest BCUT2D eigenvalue weighted by atomic mass is 32.1. The fraction of sp³-hybridized carbons (Fsp3) is 0.385. The Morgan fingerprint density at radius 1 is 1.40 bits per heavy atom. The molecule has 3 N–H and O–H groups in total. The van der Waals surface area contributed by atoms with Crippen LogP contribution >= 0.6 is 11.3 Å². The number of nitrogens with zero attached hydrogens (tertiary/aromatic N) is 2. The van der Waals surface area contributed by atoms with E-state index in [0.29, 0.717) is 13.1 Å². The van der Waals surface area contributed by atoms with Crippen molar-refractivity contribution < 1.29 is 0 Å². The molecular weight excluding hydrogens is 276 g/mol. The first kappa shape index (κ1) is 14.4. The van der Waals surface area contributed by atoms with Gasteiger partial charge >= 0.3 is 5.69 Å². The van der Waals surface area contributed by atoms with Crippen LogP contribution in [-0.4, -0.2) is 9.13 Å². The minimum atomic E-state index is -0.392. The van der Waals surface area contributed by atoms with Gasteiger partial charge in [0.05, 0.1) is 0 Å². The van der Waals surface area contributed by atoms with E-state index in [1.54, 1.807) is 11.3 Å². The number of nitrogens with two attached hydrogens (primary N) is 1. The van der Waals surface area contributed by atoms with Crippen LogP contribution in [0.1, 0.15) is 18.2 Å². The van der Waals surface area contributed by atoms with Crippen LogP contribution in [-0.2, 0) is 20.1 Å². The standard InChI is InChI=1S/C13H18N4O2S/c1-3-6-17-11(14)10(12(18)16(2)13(17)19)15-8-9-5-4-7-20-9/h4-5,7,15H,3,6,8,14H2,1-2H3. The van der Waals surface area contributed by atoms with Gasteiger partial charge in [0.25, 0.3) is 5.56 Å². The maximum atomic E-state index is 12.1. The molecule has 2 aromatic rings. The molecule has 0 aliphatic heterocycles. The number of hydrogen-bond donors (Lipinski definition) is 2. The monoisotopic (exact) mass is 294 g/mol. The summed E-state index contributed by atoms with van der Waals surface area (Å²) in [4.78, 5) is 25.2. The summed E-state index contributed by atoms with van der Waals surface area (Å²) >= 11 is 1.60. The Balaban J connectivity index is 2.41. The SMILES string of the molecule is CCCn1c(N)c(NCc2cccs2)c(=O)n(C)c1=O. The van der Waals surface area contributed by atoms with Crippen molar-refractivity contribution in [2.45, 2.75) is 26.4 Å². The lowest BCUT2D eigenvalue weighted by atomic mass is 10.3. The van der Waals surface area contributed by atoms with Crippen LogP contribution in [0.5, 0.6) is 0 Å². The zero-order chi connectivity index (χ0) is 14.7. The molecule has 0 spiro atoms. The second-order valence-corrected chi connectivity index (χ2v) is 5.52. The van der Waals surface area contributed by atoms with Crippen molar-refractivity contribution in [3.8, 4) is 0 Å². The van der Waals surface area contributed by atoms with Gasteiger partial charge in [-0.1, -0.05) is 13.0 Å². The van der Waals surface area contributed by atoms with Gasteiger partial charge in [-0.3, -0.25) is 13.9 Å². The van der Waals surface area contributed by atoms with Crippen LogP contribution in [0.4, 0.5) is 11.5 Å². The summed E-state index contributed by atoms with van der Waals surface area (Å²) in [6.45, 7) is 2.96. The maximum absolute atomic E-state index is 12.1. The molecule has 2 aromatic heterocycles. The molecule has 0 bridgehead atoms. The van der Waals surface area contributed by atoms with Gasteiger partial charge in [-0.25, -0.2) is 4.79 Å². The molecule has 0 fully saturated rings. The zero-order valence-corrected chi connectivity index (χ0v) is 12.4. The first-order valence-electron chi connectivity index (χ1n) is 6.41. The van der Waals surface area contributed by atoms with Crippen molar-refractivity contribution in [2.24, 2.45) is 7.05 Å². The Hall–Kier alpha value is -2.02. The highest BCUT2D eigenvalue weighted by molar-refractivity contribution is 7.09. The molecule has 0 saturated heterocycles. The average Bonchev–Trinajstić information content (AvgIpc) is 2.94. The molecule has 108 valence electrons. The summed E-state index contributed by atoms with van der Waals surface area (Å²) in [5, 5.41) is 5.01. The van der Waals surface area contributed by atoms with Gasteiger partial charge in [0.1, 0.15) is 11.5 Å². The van der Waals surface area contributed by atoms with Gasteiger partial charge in [0, 0.05) is 25.0 Å². The van der Waals surface area contributed by atoms with E-state index in [0.717, 1.165) is 15.9 Å². The molecule has 0 radical (unpaired) electrons. The van der Waals surface area contributed by atoms with E-state index in [4.69, 9.17) is 5.73 Å². The Kier molecular flexibility index (Phi) is 4.29. The van der Waals surface area contributed by atoms with Gasteiger partial charge in [-0.05, 0) is 17.9 Å². The quantitative estimate of drug-likeness (QED) is 0.868. The van der Waals surface area contributed by atoms with Crippen LogP contribution < -0.4 is 22.3 Å². The zero-order valence-electron chi connectivity index (χ0n) is 11.5. The van der Waals surface area contributed by atoms with E-state index in [9.17, 15) is 9.59 Å². The fourth-order valence-electron chi connectivity index (χ4n) is 1.98. The number of rotatable bonds is 5. The van der Waals surface area contributed by atoms with Crippen molar-refractivity contribution in [1.82, 2.24) is 9.13 Å². The molecule has 7 heteroatoms. The molecule has 20 heavy (non-hydrogen) atoms. The lowest BCUT2D eigenvalue weighted by molar-refractivity contribution is 0.600. The number of aromatic nitrogens is 2. The van der Waals surface area contributed by atoms with E-state index >= 15 is 0 Å². The third kappa shape index (κ3) is 2.62. The first-order valence-corrected chi connectivity index (χ1v) is 7.29. The van der Waals surface area contributed by atoms with Gasteiger partial charge in [-0.2, -0.15) is 0 Å². The van der Waals surface area contributed by atoms with E-state index < -0.39 is 5.56 Å². The Bertz CT molecular complexity index is 700. The predicted molar refractivity (Wildman–Crippen MR) is 82.3 cm³/mol. The molecule has 0 aliphatic carbocycles. The minimum absolute atomic E-state index is 0.205. The predicted octanol–water partition coefficient (Wildman–Crippen LogP) is 1.21. The second-order valence-electron chi connectivity index (χ2n) is 4.49. The molecule has 0 atom stereocenters. The van der Waals surface area contributed by atoms with Crippen LogP contribution in [0, 0.1) is 0 Å². The summed E-state index contributed by atoms with van der Waals surface area (Å²) in [6, 6.07) is 3.92. The normalized spacial score (nSPS) is 10.7. The number of hydrogen-bond acceptors (Lipinski definition) is 5. The van der Waals surface area contributed by atoms with Crippen LogP contribution in [0.25, 0.3) is 0 Å². The maximum Gasteiger partial charge on any atom is 0.332 e. The summed E-state index contributed by atoms with van der Waals surface area (Å²) in [6.07, 6.45) is 0.771. The minimum Gasteiger partial charge on any atom is -0.383 e. The molecule has 0 aromatic carbocycles. The van der Waals surface area contributed by atoms with Crippen LogP contribution in [0.15, 0.2) is 27.1 Å². The van der Waals surface area contributed by atoms with E-state index in [1.165, 1.54) is 11.6 Å². The van der Waals surface area contributed by atoms with Gasteiger partial charge < -0.3 is 11.1 Å². The average molecular weight is 294 g/mol. The Morgan fingerprint density at radius 3 is 2.75 bits per heavy atom. The molecule has 2 rings (SSSR count). The van der Waals surface area contributed by atoms with Crippen molar-refractivity contribution in [1.29, 1.82) is 0 Å². The van der Waals surface area contributed by atoms with Crippen molar-refractivity contribution >= 4 is 22.8 Å². The number of thiophene rings is 1. The van der Waals surface area contributed by atoms with Crippen molar-refractivity contribution in [3.63, 3.8) is 0 Å². The first-order chi connectivity index (χ1) is 9.56. The lowest BCUT2D eigenvalue weighted by Gasteiger charge is -2.15. The Labute approximate surface area is 120 Å². The smallest absolute Gasteiger partial charge is 0.332 e. The van der Waals surface area contributed by atoms with Crippen molar-refractivity contribution in [3.05, 3.63) is 43.2 Å². The molecular formula is C13H18N4O2S. The van der Waals surface area contributed by atoms with Gasteiger partial charge in [-0.15, -0.1) is 11.3 Å². The lowest BCUT2D eigenvalue weighted by Crippen LogP contribution is -2.40. The molecule has 0 aliphatic rings. The fourth-order valence-corrected chi connectivity index (χ4v) is 2.62. The van der Waals surface area contributed by atoms with Crippen LogP contribution in [0.2, 0.25) is 0 Å². The molecule has 6 nitrogen and oxygen atoms in total. The molecule has 0 unspecified atom stereocenters. The van der Waals surface area contributed by atoms with Gasteiger partial charge in [0.2, 0.25) is 0 Å². The summed E-state index contributed by atoms with van der Waals surface area (Å²) in [5.41, 5.74) is 5.49. The molecule has 0 saturated carbocycles. The largest absolute Gasteiger partial charge is 0.383 e. The number of nitrogen functional groups attached to an aromatic ring is 1. The third-order valence-electron chi connectivity index (χ3n) is 3.05. The van der Waals surface area contributed by atoms with E-state index in [1.807, 2.05) is 24.4 Å². The highest BCUT2D eigenvalue weighted by Crippen LogP contribution is 2.15. The molecule has 2 heterocycles. The van der Waals surface area contributed by atoms with E-state index in [-0.39, 0.29) is 17.2 Å². The second kappa shape index (κ2) is 5.96. The van der Waals surface area contributed by atoms with Gasteiger partial charge in [0.15, 0.2) is 0 Å². The third-order valence-corrected chi connectivity index (χ3v) is 3.93. The van der Waals surface area contributed by atoms with E-state index in [2.05, 4.69) is 5.32 Å². The topological polar surface area (TPSA) is 82.0 Å². The Morgan fingerprint density at radius 2 is 2.15 bits per heavy atom. The number of nitrogens with one attached hydrogen (secondary N) is 1. The summed E-state index contributed by atoms with van der Waals surface area (Å²) in [7, 11) is 1.46. The highest BCUT2D eigenvalue weighted by Gasteiger charge is 2.14. The summed E-state index contributed by atoms with van der Waals surface area (Å²) in [5.74, 6) is 0.205.